The van der Waals surface area contributed by atoms with Crippen molar-refractivity contribution >= 4 is 5.52 Å². The van der Waals surface area contributed by atoms with Crippen LogP contribution >= 0.6 is 0 Å². The molecule has 3 aromatic rings. The first kappa shape index (κ1) is 17.2. The van der Waals surface area contributed by atoms with E-state index in [0.29, 0.717) is 11.3 Å². The van der Waals surface area contributed by atoms with Crippen molar-refractivity contribution in [1.29, 1.82) is 0 Å². The number of nitrogens with zero attached hydrogens (tertiary/aromatic N) is 3. The molecule has 0 aliphatic rings. The van der Waals surface area contributed by atoms with Gasteiger partial charge in [-0.3, -0.25) is 9.36 Å². The van der Waals surface area contributed by atoms with E-state index in [1.54, 1.807) is 23.7 Å². The lowest BCUT2D eigenvalue weighted by molar-refractivity contribution is 0.411. The molecule has 6 heteroatoms. The van der Waals surface area contributed by atoms with Gasteiger partial charge in [-0.05, 0) is 43.0 Å². The third-order valence-electron chi connectivity index (χ3n) is 4.76. The van der Waals surface area contributed by atoms with E-state index in [2.05, 4.69) is 18.9 Å². The SMILES string of the molecule is CCC(C)c1cc(C)n2nc(-c3ccc(OC)cc3F)n(C)c(=O)c12. The summed E-state index contributed by atoms with van der Waals surface area (Å²) in [6, 6.07) is 6.52. The van der Waals surface area contributed by atoms with Crippen LogP contribution in [0.15, 0.2) is 29.1 Å². The lowest BCUT2D eigenvalue weighted by atomic mass is 10.00. The zero-order valence-corrected chi connectivity index (χ0v) is 15.1. The molecule has 0 spiro atoms. The fourth-order valence-corrected chi connectivity index (χ4v) is 3.05. The van der Waals surface area contributed by atoms with Crippen molar-refractivity contribution in [2.24, 2.45) is 7.05 Å². The van der Waals surface area contributed by atoms with E-state index < -0.39 is 5.82 Å². The molecule has 2 heterocycles. The van der Waals surface area contributed by atoms with Crippen LogP contribution in [0.4, 0.5) is 4.39 Å². The van der Waals surface area contributed by atoms with E-state index in [1.807, 2.05) is 13.0 Å². The average Bonchev–Trinajstić information content (AvgIpc) is 2.94. The normalized spacial score (nSPS) is 12.6. The Labute approximate surface area is 145 Å². The molecule has 0 bridgehead atoms. The van der Waals surface area contributed by atoms with Crippen LogP contribution in [-0.4, -0.2) is 21.3 Å². The van der Waals surface area contributed by atoms with Crippen molar-refractivity contribution in [3.05, 3.63) is 51.7 Å². The predicted molar refractivity (Wildman–Crippen MR) is 95.8 cm³/mol. The first-order valence-electron chi connectivity index (χ1n) is 8.32. The molecule has 1 atom stereocenters. The van der Waals surface area contributed by atoms with Gasteiger partial charge in [-0.2, -0.15) is 0 Å². The minimum Gasteiger partial charge on any atom is -0.497 e. The molecule has 0 saturated carbocycles. The Bertz CT molecular complexity index is 1000. The Hall–Kier alpha value is -2.63. The summed E-state index contributed by atoms with van der Waals surface area (Å²) in [4.78, 5) is 13.0. The number of hydrogen-bond acceptors (Lipinski definition) is 3. The molecule has 0 saturated heterocycles. The standard InChI is InChI=1S/C19H22FN3O2/c1-6-11(2)15-9-12(3)23-17(15)19(24)22(4)18(21-23)14-8-7-13(25-5)10-16(14)20/h7-11H,6H2,1-5H3. The van der Waals surface area contributed by atoms with Crippen molar-refractivity contribution in [2.75, 3.05) is 7.11 Å². The van der Waals surface area contributed by atoms with Crippen LogP contribution in [0.25, 0.3) is 16.9 Å². The van der Waals surface area contributed by atoms with Crippen LogP contribution in [0.5, 0.6) is 5.75 Å². The summed E-state index contributed by atoms with van der Waals surface area (Å²) in [5, 5.41) is 4.56. The Morgan fingerprint density at radius 1 is 1.32 bits per heavy atom. The van der Waals surface area contributed by atoms with Crippen LogP contribution in [0.2, 0.25) is 0 Å². The van der Waals surface area contributed by atoms with Gasteiger partial charge in [0.15, 0.2) is 5.82 Å². The van der Waals surface area contributed by atoms with Crippen molar-refractivity contribution in [3.63, 3.8) is 0 Å². The van der Waals surface area contributed by atoms with Crippen LogP contribution in [0.3, 0.4) is 0 Å². The van der Waals surface area contributed by atoms with Crippen molar-refractivity contribution < 1.29 is 9.13 Å². The summed E-state index contributed by atoms with van der Waals surface area (Å²) < 4.78 is 22.6. The van der Waals surface area contributed by atoms with Crippen molar-refractivity contribution in [3.8, 4) is 17.1 Å². The highest BCUT2D eigenvalue weighted by atomic mass is 19.1. The maximum absolute atomic E-state index is 14.5. The third kappa shape index (κ3) is 2.71. The van der Waals surface area contributed by atoms with E-state index in [-0.39, 0.29) is 22.9 Å². The number of methoxy groups -OCH3 is 1. The predicted octanol–water partition coefficient (Wildman–Crippen LogP) is 3.67. The minimum absolute atomic E-state index is 0.177. The fourth-order valence-electron chi connectivity index (χ4n) is 3.05. The smallest absolute Gasteiger partial charge is 0.278 e. The van der Waals surface area contributed by atoms with E-state index in [1.165, 1.54) is 17.7 Å². The van der Waals surface area contributed by atoms with Gasteiger partial charge in [0, 0.05) is 18.8 Å². The van der Waals surface area contributed by atoms with Gasteiger partial charge < -0.3 is 4.74 Å². The van der Waals surface area contributed by atoms with Gasteiger partial charge in [0.2, 0.25) is 0 Å². The molecule has 0 aliphatic carbocycles. The highest BCUT2D eigenvalue weighted by Gasteiger charge is 2.20. The van der Waals surface area contributed by atoms with Gasteiger partial charge in [-0.25, -0.2) is 8.91 Å². The maximum atomic E-state index is 14.5. The molecule has 0 fully saturated rings. The highest BCUT2D eigenvalue weighted by molar-refractivity contribution is 5.62. The lowest BCUT2D eigenvalue weighted by Crippen LogP contribution is -2.24. The Balaban J connectivity index is 2.31. The van der Waals surface area contributed by atoms with Crippen molar-refractivity contribution in [1.82, 2.24) is 14.2 Å². The van der Waals surface area contributed by atoms with Gasteiger partial charge in [-0.15, -0.1) is 5.10 Å². The highest BCUT2D eigenvalue weighted by Crippen LogP contribution is 2.27. The van der Waals surface area contributed by atoms with Crippen molar-refractivity contribution in [2.45, 2.75) is 33.1 Å². The number of aryl methyl sites for hydroxylation is 1. The number of rotatable bonds is 4. The molecule has 25 heavy (non-hydrogen) atoms. The van der Waals surface area contributed by atoms with Crippen LogP contribution in [0.1, 0.15) is 37.4 Å². The monoisotopic (exact) mass is 343 g/mol. The molecule has 5 nitrogen and oxygen atoms in total. The zero-order chi connectivity index (χ0) is 18.3. The van der Waals surface area contributed by atoms with Gasteiger partial charge >= 0.3 is 0 Å². The first-order chi connectivity index (χ1) is 11.9. The molecular formula is C19H22FN3O2. The second-order valence-electron chi connectivity index (χ2n) is 6.34. The van der Waals surface area contributed by atoms with E-state index >= 15 is 0 Å². The quantitative estimate of drug-likeness (QED) is 0.726. The summed E-state index contributed by atoms with van der Waals surface area (Å²) in [6.45, 7) is 6.08. The lowest BCUT2D eigenvalue weighted by Gasteiger charge is -2.12. The Morgan fingerprint density at radius 3 is 2.64 bits per heavy atom. The van der Waals surface area contributed by atoms with E-state index in [9.17, 15) is 9.18 Å². The Kier molecular flexibility index (Phi) is 4.37. The van der Waals surface area contributed by atoms with Gasteiger partial charge in [0.25, 0.3) is 5.56 Å². The largest absolute Gasteiger partial charge is 0.497 e. The number of halogens is 1. The molecule has 1 aromatic carbocycles. The second-order valence-corrected chi connectivity index (χ2v) is 6.34. The number of fused-ring (bicyclic) bond motifs is 1. The second kappa shape index (κ2) is 6.35. The molecule has 3 rings (SSSR count). The van der Waals surface area contributed by atoms with Crippen LogP contribution in [-0.2, 0) is 7.05 Å². The zero-order valence-electron chi connectivity index (χ0n) is 15.1. The number of aromatic nitrogens is 3. The molecule has 0 radical (unpaired) electrons. The summed E-state index contributed by atoms with van der Waals surface area (Å²) in [7, 11) is 3.10. The summed E-state index contributed by atoms with van der Waals surface area (Å²) >= 11 is 0. The Morgan fingerprint density at radius 2 is 2.04 bits per heavy atom. The molecule has 132 valence electrons. The average molecular weight is 343 g/mol. The molecule has 0 amide bonds. The van der Waals surface area contributed by atoms with E-state index in [0.717, 1.165) is 17.7 Å². The van der Waals surface area contributed by atoms with Crippen LogP contribution < -0.4 is 10.3 Å². The molecule has 2 aromatic heterocycles. The number of benzene rings is 1. The summed E-state index contributed by atoms with van der Waals surface area (Å²) in [5.41, 5.74) is 2.49. The van der Waals surface area contributed by atoms with Gasteiger partial charge in [-0.1, -0.05) is 13.8 Å². The topological polar surface area (TPSA) is 48.5 Å². The molecule has 0 aliphatic heterocycles. The van der Waals surface area contributed by atoms with Gasteiger partial charge in [0.05, 0.1) is 12.7 Å². The third-order valence-corrected chi connectivity index (χ3v) is 4.76. The number of hydrogen-bond donors (Lipinski definition) is 0. The van der Waals surface area contributed by atoms with E-state index in [4.69, 9.17) is 4.74 Å². The van der Waals surface area contributed by atoms with Gasteiger partial charge in [0.1, 0.15) is 17.1 Å². The minimum atomic E-state index is -0.479. The molecule has 0 N–H and O–H groups in total. The summed E-state index contributed by atoms with van der Waals surface area (Å²) in [5.74, 6) is 0.477. The van der Waals surface area contributed by atoms with Crippen LogP contribution in [0, 0.1) is 12.7 Å². The fraction of sp³-hybridized carbons (Fsp3) is 0.368. The summed E-state index contributed by atoms with van der Waals surface area (Å²) in [6.07, 6.45) is 0.928. The first-order valence-corrected chi connectivity index (χ1v) is 8.32. The molecule has 1 unspecified atom stereocenters. The maximum Gasteiger partial charge on any atom is 0.278 e. The number of ether oxygens (including phenoxy) is 1. The molecular weight excluding hydrogens is 321 g/mol.